The van der Waals surface area contributed by atoms with Crippen LogP contribution in [0.25, 0.3) is 68.6 Å². The lowest BCUT2D eigenvalue weighted by atomic mass is 10.0. The molecule has 2 aromatic carbocycles. The fraction of sp³-hybridized carbons (Fsp3) is 0. The maximum absolute atomic E-state index is 10.3. The number of phenols is 4. The summed E-state index contributed by atoms with van der Waals surface area (Å²) in [7, 11) is 0. The highest BCUT2D eigenvalue weighted by atomic mass is 79.9. The molecule has 5 heterocycles. The number of phenolic OH excluding ortho intramolecular Hbond substituents is 4. The normalized spacial score (nSPS) is 12.2. The first-order chi connectivity index (χ1) is 20.2. The van der Waals surface area contributed by atoms with Crippen LogP contribution < -0.4 is 0 Å². The lowest BCUT2D eigenvalue weighted by Gasteiger charge is -2.06. The van der Waals surface area contributed by atoms with Gasteiger partial charge in [0.05, 0.1) is 42.8 Å². The van der Waals surface area contributed by atoms with Gasteiger partial charge in [0.1, 0.15) is 23.0 Å². The number of fused-ring (bicyclic) bond motifs is 8. The maximum Gasteiger partial charge on any atom is 0.119 e. The summed E-state index contributed by atoms with van der Waals surface area (Å²) in [6.07, 6.45) is 7.53. The average Bonchev–Trinajstić information content (AvgIpc) is 3.75. The van der Waals surface area contributed by atoms with Gasteiger partial charge in [-0.05, 0) is 116 Å². The first-order valence-corrected chi connectivity index (χ1v) is 14.4. The van der Waals surface area contributed by atoms with Crippen molar-refractivity contribution in [2.75, 3.05) is 0 Å². The van der Waals surface area contributed by atoms with E-state index in [0.717, 1.165) is 22.1 Å². The van der Waals surface area contributed by atoms with E-state index in [0.29, 0.717) is 54.0 Å². The smallest absolute Gasteiger partial charge is 0.119 e. The molecule has 2 aliphatic rings. The second-order valence-corrected chi connectivity index (χ2v) is 11.4. The van der Waals surface area contributed by atoms with E-state index < -0.39 is 0 Å². The Bertz CT molecular complexity index is 1980. The van der Waals surface area contributed by atoms with Gasteiger partial charge in [0.25, 0.3) is 0 Å². The van der Waals surface area contributed by atoms with Crippen LogP contribution in [-0.4, -0.2) is 40.4 Å². The third-order valence-corrected chi connectivity index (χ3v) is 8.67. The van der Waals surface area contributed by atoms with E-state index in [1.807, 2.05) is 48.6 Å². The van der Waals surface area contributed by atoms with Crippen LogP contribution in [0.5, 0.6) is 23.0 Å². The second kappa shape index (κ2) is 9.93. The zero-order valence-electron chi connectivity index (χ0n) is 21.5. The van der Waals surface area contributed by atoms with Crippen molar-refractivity contribution < 1.29 is 20.4 Å². The van der Waals surface area contributed by atoms with Gasteiger partial charge in [0, 0.05) is 34.3 Å². The van der Waals surface area contributed by atoms with Crippen molar-refractivity contribution in [3.05, 3.63) is 92.4 Å². The number of hydrogen-bond acceptors (Lipinski definition) is 6. The van der Waals surface area contributed by atoms with Crippen molar-refractivity contribution in [2.45, 2.75) is 0 Å². The van der Waals surface area contributed by atoms with Crippen LogP contribution in [0.1, 0.15) is 22.8 Å². The van der Waals surface area contributed by atoms with E-state index in [2.05, 4.69) is 41.8 Å². The zero-order valence-corrected chi connectivity index (χ0v) is 24.7. The largest absolute Gasteiger partial charge is 0.508 e. The molecule has 0 amide bonds. The van der Waals surface area contributed by atoms with Gasteiger partial charge in [-0.3, -0.25) is 0 Å². The molecule has 0 saturated heterocycles. The van der Waals surface area contributed by atoms with Gasteiger partial charge in [0.15, 0.2) is 0 Å². The topological polar surface area (TPSA) is 138 Å². The molecule has 206 valence electrons. The first kappa shape index (κ1) is 26.1. The number of halogens is 2. The number of aromatic hydroxyl groups is 4. The lowest BCUT2D eigenvalue weighted by molar-refractivity contribution is 0.450. The van der Waals surface area contributed by atoms with Crippen molar-refractivity contribution in [3.8, 4) is 45.3 Å². The van der Waals surface area contributed by atoms with Crippen molar-refractivity contribution >= 4 is 78.2 Å². The Balaban J connectivity index is 1.63. The lowest BCUT2D eigenvalue weighted by Crippen LogP contribution is -1.87. The van der Waals surface area contributed by atoms with Gasteiger partial charge in [-0.1, -0.05) is 0 Å². The molecule has 10 heteroatoms. The van der Waals surface area contributed by atoms with E-state index in [1.165, 1.54) is 12.1 Å². The summed E-state index contributed by atoms with van der Waals surface area (Å²) in [6, 6.07) is 16.5. The Morgan fingerprint density at radius 1 is 0.452 bits per heavy atom. The van der Waals surface area contributed by atoms with Gasteiger partial charge in [0.2, 0.25) is 0 Å². The number of aromatic nitrogens is 4. The fourth-order valence-corrected chi connectivity index (χ4v) is 6.13. The average molecular weight is 684 g/mol. The SMILES string of the molecule is Oc1cc(O)cc(-c2c3nc(c(Br)c4ccc([nH]4)c(-c4cc(O)cc(O)c4)c4nc(c(Br)c5ccc2[nH]5)C=C4)C=C3)c1. The van der Waals surface area contributed by atoms with Crippen molar-refractivity contribution in [2.24, 2.45) is 0 Å². The van der Waals surface area contributed by atoms with E-state index in [1.54, 1.807) is 24.3 Å². The molecule has 0 aliphatic carbocycles. The molecule has 6 N–H and O–H groups in total. The molecule has 5 aromatic rings. The fourth-order valence-electron chi connectivity index (χ4n) is 5.22. The minimum Gasteiger partial charge on any atom is -0.508 e. The summed E-state index contributed by atoms with van der Waals surface area (Å²) in [5.41, 5.74) is 8.08. The molecule has 0 atom stereocenters. The number of nitrogens with one attached hydrogen (secondary N) is 2. The molecule has 0 fully saturated rings. The van der Waals surface area contributed by atoms with Crippen LogP contribution in [0.4, 0.5) is 0 Å². The van der Waals surface area contributed by atoms with Crippen molar-refractivity contribution in [1.82, 2.24) is 19.9 Å². The van der Waals surface area contributed by atoms with Crippen LogP contribution in [0.3, 0.4) is 0 Å². The minimum absolute atomic E-state index is 0.0665. The highest BCUT2D eigenvalue weighted by molar-refractivity contribution is 9.11. The quantitative estimate of drug-likeness (QED) is 0.108. The molecule has 42 heavy (non-hydrogen) atoms. The highest BCUT2D eigenvalue weighted by Crippen LogP contribution is 2.38. The number of H-pyrrole nitrogens is 2. The van der Waals surface area contributed by atoms with Crippen LogP contribution in [0, 0.1) is 0 Å². The minimum atomic E-state index is -0.0665. The Labute approximate surface area is 255 Å². The van der Waals surface area contributed by atoms with E-state index >= 15 is 0 Å². The molecule has 8 bridgehead atoms. The highest BCUT2D eigenvalue weighted by Gasteiger charge is 2.17. The Kier molecular flexibility index (Phi) is 6.18. The van der Waals surface area contributed by atoms with Gasteiger partial charge in [-0.25, -0.2) is 9.97 Å². The summed E-state index contributed by atoms with van der Waals surface area (Å²) >= 11 is 7.43. The molecular formula is C32H20Br2N4O4. The van der Waals surface area contributed by atoms with Crippen molar-refractivity contribution in [1.29, 1.82) is 0 Å². The van der Waals surface area contributed by atoms with Crippen molar-refractivity contribution in [3.63, 3.8) is 0 Å². The third kappa shape index (κ3) is 4.54. The number of benzene rings is 2. The molecule has 2 aliphatic heterocycles. The Morgan fingerprint density at radius 2 is 0.786 bits per heavy atom. The summed E-state index contributed by atoms with van der Waals surface area (Å²) in [6.45, 7) is 0. The molecule has 8 nitrogen and oxygen atoms in total. The summed E-state index contributed by atoms with van der Waals surface area (Å²) in [5.74, 6) is -0.266. The molecule has 0 unspecified atom stereocenters. The third-order valence-electron chi connectivity index (χ3n) is 7.01. The molecule has 0 radical (unpaired) electrons. The Hall–Kier alpha value is -4.80. The van der Waals surface area contributed by atoms with Crippen LogP contribution >= 0.6 is 31.9 Å². The van der Waals surface area contributed by atoms with Gasteiger partial charge >= 0.3 is 0 Å². The molecule has 3 aromatic heterocycles. The monoisotopic (exact) mass is 682 g/mol. The Morgan fingerprint density at radius 3 is 1.17 bits per heavy atom. The summed E-state index contributed by atoms with van der Waals surface area (Å²) in [5, 5.41) is 41.1. The predicted molar refractivity (Wildman–Crippen MR) is 172 cm³/mol. The van der Waals surface area contributed by atoms with E-state index in [9.17, 15) is 20.4 Å². The second-order valence-electron chi connectivity index (χ2n) is 9.86. The van der Waals surface area contributed by atoms with Gasteiger partial charge in [-0.2, -0.15) is 0 Å². The van der Waals surface area contributed by atoms with Crippen LogP contribution in [0.15, 0.2) is 69.6 Å². The number of aromatic amines is 2. The van der Waals surface area contributed by atoms with E-state index in [4.69, 9.17) is 9.97 Å². The zero-order chi connectivity index (χ0) is 29.1. The van der Waals surface area contributed by atoms with Crippen LogP contribution in [0.2, 0.25) is 0 Å². The number of nitrogens with zero attached hydrogens (tertiary/aromatic N) is 2. The molecule has 7 rings (SSSR count). The van der Waals surface area contributed by atoms with Crippen LogP contribution in [-0.2, 0) is 0 Å². The standard InChI is InChI=1S/C32H20Br2N4O4/c33-31-25-5-1-21(35-25)29(15-9-17(39)13-18(40)10-15)22-2-6-27(36-22)32(34)28-8-4-24(38-28)30(23-3-7-26(31)37-23)16-11-19(41)14-20(42)12-16/h1-14,35,38-42H. The predicted octanol–water partition coefficient (Wildman–Crippen LogP) is 8.34. The molecular weight excluding hydrogens is 664 g/mol. The maximum atomic E-state index is 10.3. The summed E-state index contributed by atoms with van der Waals surface area (Å²) < 4.78 is 1.42. The van der Waals surface area contributed by atoms with Gasteiger partial charge < -0.3 is 30.4 Å². The van der Waals surface area contributed by atoms with E-state index in [-0.39, 0.29) is 23.0 Å². The number of rotatable bonds is 2. The molecule has 0 spiro atoms. The number of hydrogen-bond donors (Lipinski definition) is 6. The first-order valence-electron chi connectivity index (χ1n) is 12.8. The summed E-state index contributed by atoms with van der Waals surface area (Å²) in [4.78, 5) is 16.7. The van der Waals surface area contributed by atoms with Gasteiger partial charge in [-0.15, -0.1) is 0 Å². The molecule has 0 saturated carbocycles.